The van der Waals surface area contributed by atoms with Crippen LogP contribution in [-0.2, 0) is 9.53 Å². The van der Waals surface area contributed by atoms with Crippen molar-refractivity contribution in [2.75, 3.05) is 38.0 Å². The number of ether oxygens (including phenoxy) is 1. The van der Waals surface area contributed by atoms with E-state index in [1.165, 1.54) is 0 Å². The fraction of sp³-hybridized carbons (Fsp3) is 0.462. The molecule has 0 spiro atoms. The maximum atomic E-state index is 12.0. The summed E-state index contributed by atoms with van der Waals surface area (Å²) < 4.78 is 4.90. The summed E-state index contributed by atoms with van der Waals surface area (Å²) in [6.07, 6.45) is 0.472. The van der Waals surface area contributed by atoms with Gasteiger partial charge in [-0.15, -0.1) is 0 Å². The number of carbonyl (C=O) groups is 1. The third-order valence-electron chi connectivity index (χ3n) is 2.66. The van der Waals surface area contributed by atoms with Gasteiger partial charge in [0.15, 0.2) is 0 Å². The highest BCUT2D eigenvalue weighted by Crippen LogP contribution is 2.32. The molecule has 0 saturated heterocycles. The van der Waals surface area contributed by atoms with Gasteiger partial charge in [-0.05, 0) is 18.6 Å². The Morgan fingerprint density at radius 1 is 1.53 bits per heavy atom. The normalized spacial score (nSPS) is 12.1. The first-order chi connectivity index (χ1) is 8.97. The quantitative estimate of drug-likeness (QED) is 0.835. The lowest BCUT2D eigenvalue weighted by Gasteiger charge is -2.20. The highest BCUT2D eigenvalue weighted by molar-refractivity contribution is 6.34. The molecule has 1 rings (SSSR count). The number of nitrogens with two attached hydrogens (primary N) is 1. The zero-order valence-electron chi connectivity index (χ0n) is 11.4. The Kier molecular flexibility index (Phi) is 6.08. The molecule has 1 atom stereocenters. The minimum absolute atomic E-state index is 0.248. The van der Waals surface area contributed by atoms with Crippen LogP contribution in [0.1, 0.15) is 6.42 Å². The SMILES string of the molecule is COCCC(N)C(=O)Nc1cccc(Cl)c1N(C)C. The van der Waals surface area contributed by atoms with Crippen molar-refractivity contribution in [1.82, 2.24) is 0 Å². The summed E-state index contributed by atoms with van der Waals surface area (Å²) >= 11 is 6.13. The number of methoxy groups -OCH3 is 1. The number of rotatable bonds is 6. The van der Waals surface area contributed by atoms with E-state index in [9.17, 15) is 4.79 Å². The molecule has 0 bridgehead atoms. The third kappa shape index (κ3) is 4.38. The highest BCUT2D eigenvalue weighted by atomic mass is 35.5. The van der Waals surface area contributed by atoms with Crippen LogP contribution in [0, 0.1) is 0 Å². The summed E-state index contributed by atoms with van der Waals surface area (Å²) in [6, 6.07) is 4.75. The summed E-state index contributed by atoms with van der Waals surface area (Å²) in [5, 5.41) is 3.37. The topological polar surface area (TPSA) is 67.6 Å². The number of nitrogens with zero attached hydrogens (tertiary/aromatic N) is 1. The highest BCUT2D eigenvalue weighted by Gasteiger charge is 2.16. The van der Waals surface area contributed by atoms with Gasteiger partial charge >= 0.3 is 0 Å². The van der Waals surface area contributed by atoms with Crippen LogP contribution in [0.25, 0.3) is 0 Å². The van der Waals surface area contributed by atoms with E-state index >= 15 is 0 Å². The first-order valence-corrected chi connectivity index (χ1v) is 6.36. The Hall–Kier alpha value is -1.30. The molecule has 0 heterocycles. The van der Waals surface area contributed by atoms with E-state index in [-0.39, 0.29) is 5.91 Å². The number of para-hydroxylation sites is 1. The smallest absolute Gasteiger partial charge is 0.241 e. The van der Waals surface area contributed by atoms with E-state index < -0.39 is 6.04 Å². The van der Waals surface area contributed by atoms with Crippen molar-refractivity contribution in [2.24, 2.45) is 5.73 Å². The molecule has 0 aliphatic carbocycles. The number of nitrogens with one attached hydrogen (secondary N) is 1. The van der Waals surface area contributed by atoms with Crippen LogP contribution in [0.5, 0.6) is 0 Å². The Balaban J connectivity index is 2.82. The molecule has 0 saturated carbocycles. The number of halogens is 1. The van der Waals surface area contributed by atoms with Gasteiger partial charge in [0, 0.05) is 27.8 Å². The Labute approximate surface area is 118 Å². The standard InChI is InChI=1S/C13H20ClN3O2/c1-17(2)12-9(14)5-4-6-11(12)16-13(18)10(15)7-8-19-3/h4-6,10H,7-8,15H2,1-3H3,(H,16,18). The Bertz CT molecular complexity index is 438. The van der Waals surface area contributed by atoms with Crippen LogP contribution in [0.3, 0.4) is 0 Å². The van der Waals surface area contributed by atoms with Crippen LogP contribution < -0.4 is 16.0 Å². The lowest BCUT2D eigenvalue weighted by Crippen LogP contribution is -2.36. The van der Waals surface area contributed by atoms with Crippen LogP contribution in [-0.4, -0.2) is 39.8 Å². The van der Waals surface area contributed by atoms with E-state index in [0.29, 0.717) is 23.7 Å². The molecule has 1 unspecified atom stereocenters. The second-order valence-corrected chi connectivity index (χ2v) is 4.81. The van der Waals surface area contributed by atoms with Crippen molar-refractivity contribution in [2.45, 2.75) is 12.5 Å². The van der Waals surface area contributed by atoms with E-state index in [4.69, 9.17) is 22.1 Å². The first kappa shape index (κ1) is 15.8. The maximum Gasteiger partial charge on any atom is 0.241 e. The Morgan fingerprint density at radius 3 is 2.79 bits per heavy atom. The molecule has 5 nitrogen and oxygen atoms in total. The third-order valence-corrected chi connectivity index (χ3v) is 2.97. The van der Waals surface area contributed by atoms with Crippen molar-refractivity contribution >= 4 is 28.9 Å². The second kappa shape index (κ2) is 7.33. The fourth-order valence-electron chi connectivity index (χ4n) is 1.67. The monoisotopic (exact) mass is 285 g/mol. The molecule has 0 aromatic heterocycles. The zero-order valence-corrected chi connectivity index (χ0v) is 12.2. The molecule has 106 valence electrons. The molecule has 1 aromatic rings. The Morgan fingerprint density at radius 2 is 2.21 bits per heavy atom. The van der Waals surface area contributed by atoms with Crippen molar-refractivity contribution in [1.29, 1.82) is 0 Å². The van der Waals surface area contributed by atoms with Gasteiger partial charge in [0.05, 0.1) is 22.4 Å². The van der Waals surface area contributed by atoms with E-state index in [2.05, 4.69) is 5.32 Å². The summed E-state index contributed by atoms with van der Waals surface area (Å²) in [5.74, 6) is -0.248. The van der Waals surface area contributed by atoms with Gasteiger partial charge in [0.2, 0.25) is 5.91 Å². The summed E-state index contributed by atoms with van der Waals surface area (Å²) in [5.41, 5.74) is 7.19. The van der Waals surface area contributed by atoms with Crippen LogP contribution in [0.15, 0.2) is 18.2 Å². The summed E-state index contributed by atoms with van der Waals surface area (Å²) in [7, 11) is 5.30. The van der Waals surface area contributed by atoms with Gasteiger partial charge in [-0.3, -0.25) is 4.79 Å². The summed E-state index contributed by atoms with van der Waals surface area (Å²) in [6.45, 7) is 0.449. The minimum Gasteiger partial charge on any atom is -0.385 e. The molecule has 6 heteroatoms. The van der Waals surface area contributed by atoms with Gasteiger partial charge in [-0.2, -0.15) is 0 Å². The molecule has 0 radical (unpaired) electrons. The predicted octanol–water partition coefficient (Wildman–Crippen LogP) is 1.71. The molecule has 0 fully saturated rings. The fourth-order valence-corrected chi connectivity index (χ4v) is 2.02. The van der Waals surface area contributed by atoms with Gasteiger partial charge < -0.3 is 20.7 Å². The van der Waals surface area contributed by atoms with Gasteiger partial charge in [-0.25, -0.2) is 0 Å². The van der Waals surface area contributed by atoms with Crippen molar-refractivity contribution < 1.29 is 9.53 Å². The van der Waals surface area contributed by atoms with E-state index in [1.807, 2.05) is 19.0 Å². The van der Waals surface area contributed by atoms with E-state index in [0.717, 1.165) is 5.69 Å². The maximum absolute atomic E-state index is 12.0. The molecule has 3 N–H and O–H groups in total. The molecule has 1 amide bonds. The molecule has 19 heavy (non-hydrogen) atoms. The lowest BCUT2D eigenvalue weighted by molar-refractivity contribution is -0.117. The van der Waals surface area contributed by atoms with Gasteiger partial charge in [-0.1, -0.05) is 17.7 Å². The molecular formula is C13H20ClN3O2. The van der Waals surface area contributed by atoms with Crippen molar-refractivity contribution in [3.8, 4) is 0 Å². The largest absolute Gasteiger partial charge is 0.385 e. The number of benzene rings is 1. The van der Waals surface area contributed by atoms with Crippen molar-refractivity contribution in [3.63, 3.8) is 0 Å². The molecular weight excluding hydrogens is 266 g/mol. The number of carbonyl (C=O) groups excluding carboxylic acids is 1. The van der Waals surface area contributed by atoms with Gasteiger partial charge in [0.25, 0.3) is 0 Å². The zero-order chi connectivity index (χ0) is 14.4. The minimum atomic E-state index is -0.603. The average molecular weight is 286 g/mol. The summed E-state index contributed by atoms with van der Waals surface area (Å²) in [4.78, 5) is 13.8. The first-order valence-electron chi connectivity index (χ1n) is 5.98. The molecule has 1 aromatic carbocycles. The number of amides is 1. The van der Waals surface area contributed by atoms with E-state index in [1.54, 1.807) is 25.3 Å². The average Bonchev–Trinajstić information content (AvgIpc) is 2.35. The second-order valence-electron chi connectivity index (χ2n) is 4.41. The predicted molar refractivity (Wildman–Crippen MR) is 78.9 cm³/mol. The lowest BCUT2D eigenvalue weighted by atomic mass is 10.2. The molecule has 0 aliphatic heterocycles. The van der Waals surface area contributed by atoms with Crippen LogP contribution >= 0.6 is 11.6 Å². The number of hydrogen-bond acceptors (Lipinski definition) is 4. The van der Waals surface area contributed by atoms with Crippen LogP contribution in [0.2, 0.25) is 5.02 Å². The van der Waals surface area contributed by atoms with Gasteiger partial charge in [0.1, 0.15) is 0 Å². The number of hydrogen-bond donors (Lipinski definition) is 2. The number of anilines is 2. The molecule has 0 aliphatic rings. The van der Waals surface area contributed by atoms with Crippen LogP contribution in [0.4, 0.5) is 11.4 Å². The van der Waals surface area contributed by atoms with Crippen molar-refractivity contribution in [3.05, 3.63) is 23.2 Å².